The summed E-state index contributed by atoms with van der Waals surface area (Å²) in [5.74, 6) is 0.0537. The molecule has 0 saturated carbocycles. The number of anilines is 1. The van der Waals surface area contributed by atoms with E-state index in [9.17, 15) is 18.0 Å². The summed E-state index contributed by atoms with van der Waals surface area (Å²) >= 11 is 0. The minimum atomic E-state index is -4.53. The number of ether oxygens (including phenoxy) is 1. The van der Waals surface area contributed by atoms with Gasteiger partial charge in [-0.2, -0.15) is 13.2 Å². The van der Waals surface area contributed by atoms with Gasteiger partial charge in [0, 0.05) is 7.05 Å². The van der Waals surface area contributed by atoms with E-state index in [1.165, 1.54) is 30.1 Å². The zero-order valence-electron chi connectivity index (χ0n) is 10.4. The molecule has 2 atom stereocenters. The first-order valence-corrected chi connectivity index (χ1v) is 5.62. The minimum Gasteiger partial charge on any atom is -0.479 e. The summed E-state index contributed by atoms with van der Waals surface area (Å²) in [4.78, 5) is 13.0. The van der Waals surface area contributed by atoms with Crippen LogP contribution in [-0.2, 0) is 4.79 Å². The molecule has 1 aromatic rings. The number of nitrogens with two attached hydrogens (primary N) is 1. The Morgan fingerprint density at radius 2 is 2.05 bits per heavy atom. The quantitative estimate of drug-likeness (QED) is 0.852. The highest BCUT2D eigenvalue weighted by Crippen LogP contribution is 2.38. The molecule has 1 aliphatic rings. The molecule has 0 spiro atoms. The molecular formula is C12H13F3N2O2. The van der Waals surface area contributed by atoms with Crippen molar-refractivity contribution in [1.82, 2.24) is 0 Å². The Morgan fingerprint density at radius 3 is 2.63 bits per heavy atom. The van der Waals surface area contributed by atoms with E-state index in [0.29, 0.717) is 11.4 Å². The highest BCUT2D eigenvalue weighted by atomic mass is 19.4. The van der Waals surface area contributed by atoms with Crippen LogP contribution in [0, 0.1) is 0 Å². The molecule has 0 fully saturated rings. The topological polar surface area (TPSA) is 55.6 Å². The van der Waals surface area contributed by atoms with Gasteiger partial charge in [-0.25, -0.2) is 0 Å². The molecule has 104 valence electrons. The Hall–Kier alpha value is -1.76. The zero-order valence-corrected chi connectivity index (χ0v) is 10.4. The van der Waals surface area contributed by atoms with Gasteiger partial charge in [-0.3, -0.25) is 4.79 Å². The summed E-state index contributed by atoms with van der Waals surface area (Å²) in [6.07, 6.45) is -5.18. The molecule has 1 heterocycles. The SMILES string of the molecule is CC1Oc2ccc(C(N)C(F)(F)F)cc2N(C)C1=O. The maximum atomic E-state index is 12.6. The third-order valence-electron chi connectivity index (χ3n) is 3.04. The van der Waals surface area contributed by atoms with Crippen LogP contribution < -0.4 is 15.4 Å². The number of alkyl halides is 3. The Morgan fingerprint density at radius 1 is 1.42 bits per heavy atom. The van der Waals surface area contributed by atoms with Gasteiger partial charge in [0.1, 0.15) is 11.8 Å². The highest BCUT2D eigenvalue weighted by molar-refractivity contribution is 5.99. The fourth-order valence-corrected chi connectivity index (χ4v) is 1.91. The summed E-state index contributed by atoms with van der Waals surface area (Å²) in [6.45, 7) is 1.58. The normalized spacial score (nSPS) is 20.8. The van der Waals surface area contributed by atoms with Gasteiger partial charge in [0.25, 0.3) is 5.91 Å². The summed E-state index contributed by atoms with van der Waals surface area (Å²) in [5.41, 5.74) is 5.33. The van der Waals surface area contributed by atoms with Crippen LogP contribution in [0.5, 0.6) is 5.75 Å². The molecule has 2 unspecified atom stereocenters. The molecule has 19 heavy (non-hydrogen) atoms. The highest BCUT2D eigenvalue weighted by Gasteiger charge is 2.39. The monoisotopic (exact) mass is 274 g/mol. The number of halogens is 3. The van der Waals surface area contributed by atoms with Gasteiger partial charge in [-0.1, -0.05) is 6.07 Å². The second-order valence-electron chi connectivity index (χ2n) is 4.40. The molecule has 1 aromatic carbocycles. The van der Waals surface area contributed by atoms with Crippen LogP contribution in [0.1, 0.15) is 18.5 Å². The first-order chi connectivity index (χ1) is 8.71. The summed E-state index contributed by atoms with van der Waals surface area (Å²) in [7, 11) is 1.49. The van der Waals surface area contributed by atoms with Crippen molar-refractivity contribution in [1.29, 1.82) is 0 Å². The number of nitrogens with zero attached hydrogens (tertiary/aromatic N) is 1. The van der Waals surface area contributed by atoms with Crippen molar-refractivity contribution in [3.63, 3.8) is 0 Å². The van der Waals surface area contributed by atoms with E-state index in [1.54, 1.807) is 6.92 Å². The number of hydrogen-bond acceptors (Lipinski definition) is 3. The Labute approximate surface area is 107 Å². The molecular weight excluding hydrogens is 261 g/mol. The van der Waals surface area contributed by atoms with Crippen molar-refractivity contribution in [2.75, 3.05) is 11.9 Å². The van der Waals surface area contributed by atoms with Crippen LogP contribution >= 0.6 is 0 Å². The predicted molar refractivity (Wildman–Crippen MR) is 62.9 cm³/mol. The number of amides is 1. The smallest absolute Gasteiger partial charge is 0.407 e. The number of benzene rings is 1. The zero-order chi connectivity index (χ0) is 14.4. The molecule has 0 bridgehead atoms. The minimum absolute atomic E-state index is 0.107. The van der Waals surface area contributed by atoms with Crippen molar-refractivity contribution in [2.24, 2.45) is 5.73 Å². The van der Waals surface area contributed by atoms with Crippen LogP contribution in [0.25, 0.3) is 0 Å². The molecule has 0 saturated heterocycles. The van der Waals surface area contributed by atoms with Gasteiger partial charge in [0.05, 0.1) is 5.69 Å². The average Bonchev–Trinajstić information content (AvgIpc) is 2.34. The van der Waals surface area contributed by atoms with E-state index in [2.05, 4.69) is 0 Å². The lowest BCUT2D eigenvalue weighted by Crippen LogP contribution is -2.42. The number of hydrogen-bond donors (Lipinski definition) is 1. The van der Waals surface area contributed by atoms with Crippen molar-refractivity contribution >= 4 is 11.6 Å². The number of fused-ring (bicyclic) bond motifs is 1. The Bertz CT molecular complexity index is 516. The van der Waals surface area contributed by atoms with Gasteiger partial charge in [-0.05, 0) is 24.6 Å². The number of likely N-dealkylation sites (N-methyl/N-ethyl adjacent to an activating group) is 1. The maximum Gasteiger partial charge on any atom is 0.407 e. The molecule has 2 rings (SSSR count). The molecule has 1 amide bonds. The molecule has 0 aliphatic carbocycles. The van der Waals surface area contributed by atoms with Crippen LogP contribution in [0.2, 0.25) is 0 Å². The largest absolute Gasteiger partial charge is 0.479 e. The first-order valence-electron chi connectivity index (χ1n) is 5.62. The van der Waals surface area contributed by atoms with Crippen LogP contribution in [0.15, 0.2) is 18.2 Å². The van der Waals surface area contributed by atoms with Gasteiger partial charge in [-0.15, -0.1) is 0 Å². The molecule has 7 heteroatoms. The standard InChI is InChI=1S/C12H13F3N2O2/c1-6-11(18)17(2)8-5-7(3-4-9(8)19-6)10(16)12(13,14)15/h3-6,10H,16H2,1-2H3. The van der Waals surface area contributed by atoms with E-state index in [-0.39, 0.29) is 11.5 Å². The van der Waals surface area contributed by atoms with Crippen LogP contribution in [0.4, 0.5) is 18.9 Å². The first kappa shape index (κ1) is 13.7. The summed E-state index contributed by atoms with van der Waals surface area (Å²) < 4.78 is 43.0. The second-order valence-corrected chi connectivity index (χ2v) is 4.40. The third kappa shape index (κ3) is 2.37. The van der Waals surface area contributed by atoms with Crippen molar-refractivity contribution < 1.29 is 22.7 Å². The van der Waals surface area contributed by atoms with Gasteiger partial charge in [0.15, 0.2) is 6.10 Å². The predicted octanol–water partition coefficient (Wildman–Crippen LogP) is 1.99. The molecule has 1 aliphatic heterocycles. The Balaban J connectivity index is 2.42. The van der Waals surface area contributed by atoms with Crippen LogP contribution in [0.3, 0.4) is 0 Å². The lowest BCUT2D eigenvalue weighted by atomic mass is 10.0. The maximum absolute atomic E-state index is 12.6. The lowest BCUT2D eigenvalue weighted by Gasteiger charge is -2.31. The van der Waals surface area contributed by atoms with E-state index in [1.807, 2.05) is 0 Å². The van der Waals surface area contributed by atoms with Crippen molar-refractivity contribution in [3.8, 4) is 5.75 Å². The second kappa shape index (κ2) is 4.41. The van der Waals surface area contributed by atoms with E-state index < -0.39 is 18.3 Å². The number of rotatable bonds is 1. The van der Waals surface area contributed by atoms with E-state index in [0.717, 1.165) is 0 Å². The fourth-order valence-electron chi connectivity index (χ4n) is 1.91. The van der Waals surface area contributed by atoms with Crippen molar-refractivity contribution in [3.05, 3.63) is 23.8 Å². The van der Waals surface area contributed by atoms with Gasteiger partial charge < -0.3 is 15.4 Å². The van der Waals surface area contributed by atoms with Crippen molar-refractivity contribution in [2.45, 2.75) is 25.2 Å². The molecule has 4 nitrogen and oxygen atoms in total. The average molecular weight is 274 g/mol. The van der Waals surface area contributed by atoms with E-state index in [4.69, 9.17) is 10.5 Å². The summed E-state index contributed by atoms with van der Waals surface area (Å²) in [6, 6.07) is 1.81. The number of carbonyl (C=O) groups excluding carboxylic acids is 1. The van der Waals surface area contributed by atoms with Gasteiger partial charge in [0.2, 0.25) is 0 Å². The Kier molecular flexibility index (Phi) is 3.17. The number of carbonyl (C=O) groups is 1. The van der Waals surface area contributed by atoms with Crippen LogP contribution in [-0.4, -0.2) is 25.2 Å². The third-order valence-corrected chi connectivity index (χ3v) is 3.04. The molecule has 0 radical (unpaired) electrons. The van der Waals surface area contributed by atoms with Gasteiger partial charge >= 0.3 is 6.18 Å². The lowest BCUT2D eigenvalue weighted by molar-refractivity contribution is -0.149. The summed E-state index contributed by atoms with van der Waals surface area (Å²) in [5, 5.41) is 0. The molecule has 2 N–H and O–H groups in total. The van der Waals surface area contributed by atoms with E-state index >= 15 is 0 Å². The fraction of sp³-hybridized carbons (Fsp3) is 0.417. The molecule has 0 aromatic heterocycles.